The third-order valence-corrected chi connectivity index (χ3v) is 7.52. The lowest BCUT2D eigenvalue weighted by Crippen LogP contribution is -2.17. The first kappa shape index (κ1) is 18.4. The van der Waals surface area contributed by atoms with Crippen molar-refractivity contribution in [1.82, 2.24) is 0 Å². The molecule has 2 N–H and O–H groups in total. The minimum Gasteiger partial charge on any atom is -0.325 e. The summed E-state index contributed by atoms with van der Waals surface area (Å²) >= 11 is 1.58. The lowest BCUT2D eigenvalue weighted by Gasteiger charge is -2.20. The molecule has 5 nitrogen and oxygen atoms in total. The maximum absolute atomic E-state index is 13.0. The third-order valence-electron chi connectivity index (χ3n) is 4.98. The summed E-state index contributed by atoms with van der Waals surface area (Å²) in [6.45, 7) is 1.99. The number of hydrogen-bond donors (Lipinski definition) is 2. The molecule has 7 heteroatoms. The van der Waals surface area contributed by atoms with Gasteiger partial charge in [0, 0.05) is 16.6 Å². The van der Waals surface area contributed by atoms with Crippen molar-refractivity contribution < 1.29 is 13.2 Å². The number of rotatable bonds is 3. The topological polar surface area (TPSA) is 75.3 Å². The van der Waals surface area contributed by atoms with E-state index in [0.717, 1.165) is 36.1 Å². The second-order valence-corrected chi connectivity index (χ2v) is 10.3. The molecule has 1 heterocycles. The molecule has 1 unspecified atom stereocenters. The van der Waals surface area contributed by atoms with Crippen LogP contribution in [-0.2, 0) is 27.7 Å². The highest BCUT2D eigenvalue weighted by Gasteiger charge is 2.23. The normalized spacial score (nSPS) is 19.4. The molecule has 0 spiro atoms. The number of hydrogen-bond acceptors (Lipinski definition) is 4. The van der Waals surface area contributed by atoms with E-state index in [-0.39, 0.29) is 16.1 Å². The van der Waals surface area contributed by atoms with Gasteiger partial charge in [0.1, 0.15) is 0 Å². The number of thioether (sulfide) groups is 1. The Morgan fingerprint density at radius 3 is 2.81 bits per heavy atom. The summed E-state index contributed by atoms with van der Waals surface area (Å²) in [5.41, 5.74) is 3.54. The molecule has 1 amide bonds. The molecule has 0 saturated carbocycles. The molecule has 2 aliphatic rings. The average Bonchev–Trinajstić information content (AvgIpc) is 2.77. The molecule has 0 radical (unpaired) electrons. The van der Waals surface area contributed by atoms with E-state index in [1.165, 1.54) is 5.56 Å². The van der Waals surface area contributed by atoms with E-state index in [9.17, 15) is 13.2 Å². The molecule has 0 saturated heterocycles. The fourth-order valence-corrected chi connectivity index (χ4v) is 5.85. The minimum absolute atomic E-state index is 0.0895. The smallest absolute Gasteiger partial charge is 0.261 e. The van der Waals surface area contributed by atoms with Crippen LogP contribution in [0.1, 0.15) is 37.3 Å². The monoisotopic (exact) mass is 402 g/mol. The van der Waals surface area contributed by atoms with Crippen molar-refractivity contribution in [2.75, 3.05) is 10.0 Å². The van der Waals surface area contributed by atoms with Crippen LogP contribution in [0, 0.1) is 0 Å². The number of nitrogens with one attached hydrogen (secondary N) is 2. The van der Waals surface area contributed by atoms with Gasteiger partial charge in [-0.2, -0.15) is 0 Å². The molecule has 0 fully saturated rings. The summed E-state index contributed by atoms with van der Waals surface area (Å²) in [5.74, 6) is -0.0895. The van der Waals surface area contributed by atoms with Crippen LogP contribution in [0.4, 0.5) is 11.4 Å². The summed E-state index contributed by atoms with van der Waals surface area (Å²) in [4.78, 5) is 13.0. The van der Waals surface area contributed by atoms with Crippen LogP contribution < -0.4 is 10.0 Å². The first-order chi connectivity index (χ1) is 12.9. The molecular weight excluding hydrogens is 380 g/mol. The van der Waals surface area contributed by atoms with Gasteiger partial charge in [-0.15, -0.1) is 11.8 Å². The van der Waals surface area contributed by atoms with Crippen LogP contribution >= 0.6 is 11.8 Å². The number of sulfonamides is 1. The Hall–Kier alpha value is -1.99. The Bertz CT molecular complexity index is 1000. The van der Waals surface area contributed by atoms with Gasteiger partial charge in [0.25, 0.3) is 10.0 Å². The van der Waals surface area contributed by atoms with Gasteiger partial charge in [-0.25, -0.2) is 8.42 Å². The number of anilines is 2. The standard InChI is InChI=1S/C20H22N2O3S2/c1-13-11-20(23)21-18-12-15(9-10-19(18)26-13)27(24,25)22-17-8-4-6-14-5-2-3-7-16(14)17/h4,6,8-10,12-13,22H,2-3,5,7,11H2,1H3,(H,21,23). The zero-order valence-corrected chi connectivity index (χ0v) is 16.8. The first-order valence-corrected chi connectivity index (χ1v) is 11.5. The van der Waals surface area contributed by atoms with Crippen molar-refractivity contribution >= 4 is 39.1 Å². The fraction of sp³-hybridized carbons (Fsp3) is 0.350. The van der Waals surface area contributed by atoms with Crippen molar-refractivity contribution in [3.05, 3.63) is 47.5 Å². The summed E-state index contributed by atoms with van der Waals surface area (Å²) in [6, 6.07) is 10.7. The molecule has 0 bridgehead atoms. The van der Waals surface area contributed by atoms with E-state index in [0.29, 0.717) is 17.8 Å². The lowest BCUT2D eigenvalue weighted by atomic mass is 9.91. The largest absolute Gasteiger partial charge is 0.325 e. The predicted molar refractivity (Wildman–Crippen MR) is 109 cm³/mol. The summed E-state index contributed by atoms with van der Waals surface area (Å²) < 4.78 is 28.7. The lowest BCUT2D eigenvalue weighted by molar-refractivity contribution is -0.116. The number of amides is 1. The molecule has 1 aliphatic carbocycles. The van der Waals surface area contributed by atoms with Gasteiger partial charge in [-0.05, 0) is 61.1 Å². The summed E-state index contributed by atoms with van der Waals surface area (Å²) in [5, 5.41) is 2.98. The van der Waals surface area contributed by atoms with E-state index in [1.54, 1.807) is 30.0 Å². The summed E-state index contributed by atoms with van der Waals surface area (Å²) in [7, 11) is -3.73. The predicted octanol–water partition coefficient (Wildman–Crippen LogP) is 4.19. The highest BCUT2D eigenvalue weighted by atomic mass is 32.2. The SMILES string of the molecule is CC1CC(=O)Nc2cc(S(=O)(=O)Nc3cccc4c3CCCC4)ccc2S1. The van der Waals surface area contributed by atoms with E-state index in [2.05, 4.69) is 16.1 Å². The van der Waals surface area contributed by atoms with Crippen molar-refractivity contribution in [1.29, 1.82) is 0 Å². The van der Waals surface area contributed by atoms with Crippen LogP contribution in [0.2, 0.25) is 0 Å². The molecule has 142 valence electrons. The maximum Gasteiger partial charge on any atom is 0.261 e. The van der Waals surface area contributed by atoms with Gasteiger partial charge in [-0.3, -0.25) is 9.52 Å². The minimum atomic E-state index is -3.73. The van der Waals surface area contributed by atoms with Crippen LogP contribution in [-0.4, -0.2) is 19.6 Å². The van der Waals surface area contributed by atoms with Gasteiger partial charge in [0.15, 0.2) is 0 Å². The Kier molecular flexibility index (Phi) is 4.90. The van der Waals surface area contributed by atoms with Gasteiger partial charge >= 0.3 is 0 Å². The number of carbonyl (C=O) groups is 1. The second-order valence-electron chi connectivity index (χ2n) is 7.09. The Morgan fingerprint density at radius 1 is 1.15 bits per heavy atom. The van der Waals surface area contributed by atoms with Crippen molar-refractivity contribution in [3.8, 4) is 0 Å². The van der Waals surface area contributed by atoms with Gasteiger partial charge in [0.2, 0.25) is 5.91 Å². The zero-order chi connectivity index (χ0) is 19.0. The van der Waals surface area contributed by atoms with Crippen LogP contribution in [0.5, 0.6) is 0 Å². The molecular formula is C20H22N2O3S2. The molecule has 2 aromatic carbocycles. The zero-order valence-electron chi connectivity index (χ0n) is 15.1. The van der Waals surface area contributed by atoms with E-state index >= 15 is 0 Å². The van der Waals surface area contributed by atoms with Crippen LogP contribution in [0.15, 0.2) is 46.2 Å². The van der Waals surface area contributed by atoms with E-state index in [4.69, 9.17) is 0 Å². The van der Waals surface area contributed by atoms with Gasteiger partial charge in [0.05, 0.1) is 16.3 Å². The maximum atomic E-state index is 13.0. The highest BCUT2D eigenvalue weighted by Crippen LogP contribution is 2.37. The van der Waals surface area contributed by atoms with E-state index < -0.39 is 10.0 Å². The Balaban J connectivity index is 1.66. The summed E-state index contributed by atoms with van der Waals surface area (Å²) in [6.07, 6.45) is 4.51. The van der Waals surface area contributed by atoms with Crippen LogP contribution in [0.25, 0.3) is 0 Å². The average molecular weight is 403 g/mol. The number of aryl methyl sites for hydroxylation is 1. The molecule has 0 aromatic heterocycles. The number of carbonyl (C=O) groups excluding carboxylic acids is 1. The number of benzene rings is 2. The molecule has 27 heavy (non-hydrogen) atoms. The molecule has 2 aromatic rings. The van der Waals surface area contributed by atoms with Gasteiger partial charge in [-0.1, -0.05) is 19.1 Å². The fourth-order valence-electron chi connectivity index (χ4n) is 3.68. The van der Waals surface area contributed by atoms with E-state index in [1.807, 2.05) is 19.1 Å². The Labute approximate surface area is 164 Å². The van der Waals surface area contributed by atoms with Crippen molar-refractivity contribution in [2.45, 2.75) is 54.1 Å². The number of fused-ring (bicyclic) bond motifs is 2. The molecule has 1 atom stereocenters. The van der Waals surface area contributed by atoms with Crippen LogP contribution in [0.3, 0.4) is 0 Å². The van der Waals surface area contributed by atoms with Gasteiger partial charge < -0.3 is 5.32 Å². The molecule has 1 aliphatic heterocycles. The quantitative estimate of drug-likeness (QED) is 0.807. The highest BCUT2D eigenvalue weighted by molar-refractivity contribution is 8.00. The second kappa shape index (κ2) is 7.20. The third kappa shape index (κ3) is 3.84. The Morgan fingerprint density at radius 2 is 1.96 bits per heavy atom. The molecule has 4 rings (SSSR count). The van der Waals surface area contributed by atoms with Crippen molar-refractivity contribution in [2.24, 2.45) is 0 Å². The van der Waals surface area contributed by atoms with Crippen molar-refractivity contribution in [3.63, 3.8) is 0 Å². The first-order valence-electron chi connectivity index (χ1n) is 9.16.